The van der Waals surface area contributed by atoms with Crippen molar-refractivity contribution in [2.45, 2.75) is 19.9 Å². The summed E-state index contributed by atoms with van der Waals surface area (Å²) in [5.41, 5.74) is 2.56. The number of non-ortho nitro benzene ring substituents is 1. The zero-order valence-corrected chi connectivity index (χ0v) is 16.6. The van der Waals surface area contributed by atoms with Gasteiger partial charge in [-0.25, -0.2) is 0 Å². The second-order valence-corrected chi connectivity index (χ2v) is 7.49. The monoisotopic (exact) mass is 402 g/mol. The van der Waals surface area contributed by atoms with Gasteiger partial charge in [0.15, 0.2) is 0 Å². The molecule has 3 rings (SSSR count). The Hall–Kier alpha value is -2.64. The fraction of sp³-hybridized carbons (Fsp3) is 0.350. The molecule has 1 aliphatic heterocycles. The minimum Gasteiger partial charge on any atom is -0.366 e. The van der Waals surface area contributed by atoms with Gasteiger partial charge in [0.05, 0.1) is 22.2 Å². The number of nitrogens with one attached hydrogen (secondary N) is 1. The van der Waals surface area contributed by atoms with Gasteiger partial charge in [0.25, 0.3) is 5.69 Å². The molecular weight excluding hydrogens is 380 g/mol. The summed E-state index contributed by atoms with van der Waals surface area (Å²) < 4.78 is 0. The third kappa shape index (κ3) is 4.79. The number of hydrogen-bond donors (Lipinski definition) is 1. The average Bonchev–Trinajstić information content (AvgIpc) is 2.64. The number of carbonyl (C=O) groups excluding carboxylic acids is 1. The first-order valence-electron chi connectivity index (χ1n) is 9.13. The van der Waals surface area contributed by atoms with Crippen LogP contribution in [-0.2, 0) is 4.79 Å². The number of rotatable bonds is 5. The largest absolute Gasteiger partial charge is 0.366 e. The van der Waals surface area contributed by atoms with Crippen molar-refractivity contribution in [1.82, 2.24) is 4.90 Å². The molecule has 1 unspecified atom stereocenters. The molecule has 7 nitrogen and oxygen atoms in total. The van der Waals surface area contributed by atoms with Gasteiger partial charge in [0, 0.05) is 43.5 Å². The molecule has 1 fully saturated rings. The molecule has 1 saturated heterocycles. The predicted molar refractivity (Wildman–Crippen MR) is 111 cm³/mol. The highest BCUT2D eigenvalue weighted by atomic mass is 35.5. The van der Waals surface area contributed by atoms with Crippen LogP contribution in [0.15, 0.2) is 42.5 Å². The van der Waals surface area contributed by atoms with Gasteiger partial charge in [0.1, 0.15) is 0 Å². The molecule has 0 aromatic heterocycles. The molecule has 148 valence electrons. The van der Waals surface area contributed by atoms with E-state index in [0.717, 1.165) is 19.6 Å². The molecule has 1 heterocycles. The van der Waals surface area contributed by atoms with E-state index in [1.165, 1.54) is 29.4 Å². The second-order valence-electron chi connectivity index (χ2n) is 7.08. The van der Waals surface area contributed by atoms with Crippen molar-refractivity contribution in [3.05, 3.63) is 63.2 Å². The van der Waals surface area contributed by atoms with E-state index >= 15 is 0 Å². The molecule has 1 amide bonds. The van der Waals surface area contributed by atoms with Gasteiger partial charge in [-0.1, -0.05) is 29.3 Å². The minimum atomic E-state index is -0.516. The Bertz CT molecular complexity index is 872. The van der Waals surface area contributed by atoms with Crippen LogP contribution in [0.4, 0.5) is 17.1 Å². The zero-order valence-electron chi connectivity index (χ0n) is 15.9. The van der Waals surface area contributed by atoms with E-state index in [1.807, 2.05) is 0 Å². The topological polar surface area (TPSA) is 78.7 Å². The maximum Gasteiger partial charge on any atom is 0.271 e. The van der Waals surface area contributed by atoms with Crippen LogP contribution in [0.2, 0.25) is 5.02 Å². The summed E-state index contributed by atoms with van der Waals surface area (Å²) in [6.45, 7) is 6.76. The SMILES string of the molecule is Cc1ccc(N2CCN(CC(=O)Nc3cc([N+](=O)[O-])ccc3Cl)CC2C)cc1. The maximum atomic E-state index is 12.4. The number of halogens is 1. The summed E-state index contributed by atoms with van der Waals surface area (Å²) in [6, 6.07) is 12.7. The molecular formula is C20H23ClN4O3. The Morgan fingerprint density at radius 1 is 1.25 bits per heavy atom. The first kappa shape index (κ1) is 20.1. The predicted octanol–water partition coefficient (Wildman–Crippen LogP) is 3.71. The number of nitrogens with zero attached hydrogens (tertiary/aromatic N) is 3. The van der Waals surface area contributed by atoms with E-state index in [2.05, 4.69) is 53.2 Å². The minimum absolute atomic E-state index is 0.111. The second kappa shape index (κ2) is 8.58. The van der Waals surface area contributed by atoms with Crippen LogP contribution in [0.25, 0.3) is 0 Å². The normalized spacial score (nSPS) is 17.4. The molecule has 8 heteroatoms. The third-order valence-corrected chi connectivity index (χ3v) is 5.21. The highest BCUT2D eigenvalue weighted by molar-refractivity contribution is 6.33. The first-order valence-corrected chi connectivity index (χ1v) is 9.51. The van der Waals surface area contributed by atoms with Gasteiger partial charge >= 0.3 is 0 Å². The maximum absolute atomic E-state index is 12.4. The Labute approximate surface area is 169 Å². The lowest BCUT2D eigenvalue weighted by molar-refractivity contribution is -0.384. The van der Waals surface area contributed by atoms with E-state index in [9.17, 15) is 14.9 Å². The van der Waals surface area contributed by atoms with Crippen molar-refractivity contribution in [3.63, 3.8) is 0 Å². The van der Waals surface area contributed by atoms with Gasteiger partial charge in [-0.05, 0) is 32.0 Å². The van der Waals surface area contributed by atoms with Gasteiger partial charge in [-0.15, -0.1) is 0 Å². The lowest BCUT2D eigenvalue weighted by Crippen LogP contribution is -2.53. The van der Waals surface area contributed by atoms with Crippen LogP contribution >= 0.6 is 11.6 Å². The zero-order chi connectivity index (χ0) is 20.3. The molecule has 2 aromatic carbocycles. The van der Waals surface area contributed by atoms with Gasteiger partial charge in [-0.3, -0.25) is 19.8 Å². The average molecular weight is 403 g/mol. The highest BCUT2D eigenvalue weighted by Crippen LogP contribution is 2.27. The molecule has 0 bridgehead atoms. The molecule has 0 spiro atoms. The number of hydrogen-bond acceptors (Lipinski definition) is 5. The van der Waals surface area contributed by atoms with Crippen molar-refractivity contribution in [2.24, 2.45) is 0 Å². The molecule has 1 N–H and O–H groups in total. The summed E-state index contributed by atoms with van der Waals surface area (Å²) in [5.74, 6) is -0.238. The van der Waals surface area contributed by atoms with Crippen LogP contribution in [-0.4, -0.2) is 48.0 Å². The standard InChI is InChI=1S/C20H23ClN4O3/c1-14-3-5-16(6-4-14)24-10-9-23(12-15(24)2)13-20(26)22-19-11-17(25(27)28)7-8-18(19)21/h3-8,11,15H,9-10,12-13H2,1-2H3,(H,22,26). The lowest BCUT2D eigenvalue weighted by Gasteiger charge is -2.41. The first-order chi connectivity index (χ1) is 13.3. The molecule has 0 aliphatic carbocycles. The van der Waals surface area contributed by atoms with Crippen LogP contribution in [0.5, 0.6) is 0 Å². The summed E-state index contributed by atoms with van der Waals surface area (Å²) in [4.78, 5) is 27.2. The number of nitro benzene ring substituents is 1. The fourth-order valence-electron chi connectivity index (χ4n) is 3.41. The van der Waals surface area contributed by atoms with Crippen LogP contribution in [0.1, 0.15) is 12.5 Å². The van der Waals surface area contributed by atoms with Crippen molar-refractivity contribution < 1.29 is 9.72 Å². The number of benzene rings is 2. The van der Waals surface area contributed by atoms with Crippen molar-refractivity contribution in [1.29, 1.82) is 0 Å². The van der Waals surface area contributed by atoms with Crippen LogP contribution in [0, 0.1) is 17.0 Å². The summed E-state index contributed by atoms with van der Waals surface area (Å²) in [6.07, 6.45) is 0. The van der Waals surface area contributed by atoms with Crippen molar-refractivity contribution in [3.8, 4) is 0 Å². The number of piperazine rings is 1. The Morgan fingerprint density at radius 2 is 1.96 bits per heavy atom. The summed E-state index contributed by atoms with van der Waals surface area (Å²) >= 11 is 6.05. The lowest BCUT2D eigenvalue weighted by atomic mass is 10.1. The van der Waals surface area contributed by atoms with E-state index in [0.29, 0.717) is 0 Å². The van der Waals surface area contributed by atoms with Crippen molar-refractivity contribution >= 4 is 34.6 Å². The quantitative estimate of drug-likeness (QED) is 0.609. The molecule has 0 radical (unpaired) electrons. The Balaban J connectivity index is 1.58. The van der Waals surface area contributed by atoms with Gasteiger partial charge in [0.2, 0.25) is 5.91 Å². The molecule has 1 atom stereocenters. The van der Waals surface area contributed by atoms with Gasteiger partial charge < -0.3 is 10.2 Å². The highest BCUT2D eigenvalue weighted by Gasteiger charge is 2.25. The number of anilines is 2. The Morgan fingerprint density at radius 3 is 2.61 bits per heavy atom. The fourth-order valence-corrected chi connectivity index (χ4v) is 3.58. The summed E-state index contributed by atoms with van der Waals surface area (Å²) in [5, 5.41) is 13.9. The third-order valence-electron chi connectivity index (χ3n) is 4.88. The smallest absolute Gasteiger partial charge is 0.271 e. The molecule has 2 aromatic rings. The number of amides is 1. The number of carbonyl (C=O) groups is 1. The van der Waals surface area contributed by atoms with Crippen LogP contribution < -0.4 is 10.2 Å². The summed E-state index contributed by atoms with van der Waals surface area (Å²) in [7, 11) is 0. The molecule has 1 aliphatic rings. The van der Waals surface area contributed by atoms with E-state index in [-0.39, 0.29) is 34.9 Å². The van der Waals surface area contributed by atoms with Gasteiger partial charge in [-0.2, -0.15) is 0 Å². The van der Waals surface area contributed by atoms with Crippen LogP contribution in [0.3, 0.4) is 0 Å². The van der Waals surface area contributed by atoms with E-state index < -0.39 is 4.92 Å². The van der Waals surface area contributed by atoms with E-state index in [1.54, 1.807) is 0 Å². The van der Waals surface area contributed by atoms with Crippen molar-refractivity contribution in [2.75, 3.05) is 36.4 Å². The number of nitro groups is 1. The number of aryl methyl sites for hydroxylation is 1. The molecule has 0 saturated carbocycles. The molecule has 28 heavy (non-hydrogen) atoms. The van der Waals surface area contributed by atoms with E-state index in [4.69, 9.17) is 11.6 Å². The Kier molecular flexibility index (Phi) is 6.16.